The number of hydrogen-bond donors (Lipinski definition) is 0. The average Bonchev–Trinajstić information content (AvgIpc) is 3.07. The van der Waals surface area contributed by atoms with Gasteiger partial charge in [-0.2, -0.15) is 0 Å². The van der Waals surface area contributed by atoms with Crippen molar-refractivity contribution in [1.29, 1.82) is 0 Å². The average molecular weight is 425 g/mol. The van der Waals surface area contributed by atoms with Crippen LogP contribution in [0.3, 0.4) is 0 Å². The highest BCUT2D eigenvalue weighted by atomic mass is 16.3. The normalized spacial score (nSPS) is 15.6. The highest BCUT2D eigenvalue weighted by Crippen LogP contribution is 2.39. The SMILES string of the molecule is Cc1ccc2oc3c(c(=O)c2c1)[C@H](c1ccc(C(C)C)cc1)N(Cc1cccnc1)C3=O. The van der Waals surface area contributed by atoms with Gasteiger partial charge in [0.05, 0.1) is 17.0 Å². The van der Waals surface area contributed by atoms with Crippen molar-refractivity contribution in [2.24, 2.45) is 0 Å². The molecule has 32 heavy (non-hydrogen) atoms. The molecule has 0 saturated heterocycles. The minimum Gasteiger partial charge on any atom is -0.450 e. The van der Waals surface area contributed by atoms with E-state index in [4.69, 9.17) is 4.42 Å². The topological polar surface area (TPSA) is 63.4 Å². The number of nitrogens with zero attached hydrogens (tertiary/aromatic N) is 2. The van der Waals surface area contributed by atoms with E-state index in [0.29, 0.717) is 29.0 Å². The summed E-state index contributed by atoms with van der Waals surface area (Å²) in [4.78, 5) is 33.0. The van der Waals surface area contributed by atoms with Gasteiger partial charge in [0.1, 0.15) is 5.58 Å². The van der Waals surface area contributed by atoms with Crippen LogP contribution < -0.4 is 5.43 Å². The van der Waals surface area contributed by atoms with E-state index in [9.17, 15) is 9.59 Å². The van der Waals surface area contributed by atoms with E-state index in [1.807, 2.05) is 43.3 Å². The molecule has 0 spiro atoms. The Bertz CT molecular complexity index is 1370. The van der Waals surface area contributed by atoms with Crippen LogP contribution >= 0.6 is 0 Å². The molecule has 5 heteroatoms. The summed E-state index contributed by atoms with van der Waals surface area (Å²) in [7, 11) is 0. The lowest BCUT2D eigenvalue weighted by molar-refractivity contribution is 0.0714. The van der Waals surface area contributed by atoms with Gasteiger partial charge in [-0.05, 0) is 47.7 Å². The van der Waals surface area contributed by atoms with Crippen LogP contribution in [0, 0.1) is 6.92 Å². The van der Waals surface area contributed by atoms with Crippen molar-refractivity contribution in [3.63, 3.8) is 0 Å². The molecule has 1 aliphatic heterocycles. The van der Waals surface area contributed by atoms with Crippen LogP contribution in [0.1, 0.15) is 64.2 Å². The lowest BCUT2D eigenvalue weighted by atomic mass is 9.95. The molecule has 2 aromatic heterocycles. The van der Waals surface area contributed by atoms with Crippen LogP contribution in [0.5, 0.6) is 0 Å². The zero-order chi connectivity index (χ0) is 22.4. The quantitative estimate of drug-likeness (QED) is 0.442. The molecule has 1 atom stereocenters. The van der Waals surface area contributed by atoms with Crippen molar-refractivity contribution >= 4 is 16.9 Å². The van der Waals surface area contributed by atoms with Gasteiger partial charge in [-0.25, -0.2) is 0 Å². The van der Waals surface area contributed by atoms with Crippen LogP contribution in [0.25, 0.3) is 11.0 Å². The predicted molar refractivity (Wildman–Crippen MR) is 124 cm³/mol. The molecule has 0 saturated carbocycles. The number of hydrogen-bond acceptors (Lipinski definition) is 4. The molecule has 0 N–H and O–H groups in total. The van der Waals surface area contributed by atoms with Crippen molar-refractivity contribution in [3.8, 4) is 0 Å². The number of rotatable bonds is 4. The van der Waals surface area contributed by atoms with Gasteiger partial charge in [-0.15, -0.1) is 0 Å². The van der Waals surface area contributed by atoms with Gasteiger partial charge in [-0.3, -0.25) is 14.6 Å². The zero-order valence-electron chi connectivity index (χ0n) is 18.3. The Kier molecular flexibility index (Phi) is 4.89. The second-order valence-electron chi connectivity index (χ2n) is 8.69. The van der Waals surface area contributed by atoms with E-state index in [1.54, 1.807) is 23.4 Å². The third kappa shape index (κ3) is 3.30. The molecular weight excluding hydrogens is 400 g/mol. The van der Waals surface area contributed by atoms with Crippen molar-refractivity contribution in [1.82, 2.24) is 9.88 Å². The Morgan fingerprint density at radius 2 is 1.84 bits per heavy atom. The summed E-state index contributed by atoms with van der Waals surface area (Å²) < 4.78 is 6.03. The van der Waals surface area contributed by atoms with E-state index in [2.05, 4.69) is 31.0 Å². The monoisotopic (exact) mass is 424 g/mol. The number of amides is 1. The highest BCUT2D eigenvalue weighted by Gasteiger charge is 2.42. The Morgan fingerprint density at radius 3 is 2.53 bits per heavy atom. The molecule has 0 unspecified atom stereocenters. The fourth-order valence-corrected chi connectivity index (χ4v) is 4.40. The molecule has 1 amide bonds. The minimum absolute atomic E-state index is 0.133. The predicted octanol–water partition coefficient (Wildman–Crippen LogP) is 5.37. The number of carbonyl (C=O) groups is 1. The number of pyridine rings is 1. The number of aryl methyl sites for hydroxylation is 1. The van der Waals surface area contributed by atoms with Gasteiger partial charge < -0.3 is 9.32 Å². The molecule has 0 bridgehead atoms. The standard InChI is InChI=1S/C27H24N2O3/c1-16(2)19-7-9-20(10-8-19)24-23-25(30)21-13-17(3)6-11-22(21)32-26(23)27(31)29(24)15-18-5-4-12-28-14-18/h4-14,16,24H,15H2,1-3H3/t24-/m0/s1. The number of aromatic nitrogens is 1. The van der Waals surface area contributed by atoms with Crippen molar-refractivity contribution < 1.29 is 9.21 Å². The molecule has 1 aliphatic rings. The van der Waals surface area contributed by atoms with Gasteiger partial charge in [0.2, 0.25) is 5.76 Å². The molecule has 5 nitrogen and oxygen atoms in total. The first-order valence-corrected chi connectivity index (χ1v) is 10.8. The summed E-state index contributed by atoms with van der Waals surface area (Å²) in [6, 6.07) is 16.9. The van der Waals surface area contributed by atoms with Crippen molar-refractivity contribution in [2.45, 2.75) is 39.3 Å². The molecule has 2 aromatic carbocycles. The second-order valence-corrected chi connectivity index (χ2v) is 8.69. The number of benzene rings is 2. The zero-order valence-corrected chi connectivity index (χ0v) is 18.3. The Hall–Kier alpha value is -3.73. The van der Waals surface area contributed by atoms with Gasteiger partial charge in [-0.1, -0.05) is 55.8 Å². The largest absolute Gasteiger partial charge is 0.450 e. The summed E-state index contributed by atoms with van der Waals surface area (Å²) in [6.07, 6.45) is 3.44. The van der Waals surface area contributed by atoms with Crippen LogP contribution in [-0.2, 0) is 6.54 Å². The molecule has 0 radical (unpaired) electrons. The first kappa shape index (κ1) is 20.2. The number of carbonyl (C=O) groups excluding carboxylic acids is 1. The van der Waals surface area contributed by atoms with E-state index in [-0.39, 0.29) is 17.1 Å². The fraction of sp³-hybridized carbons (Fsp3) is 0.222. The first-order valence-electron chi connectivity index (χ1n) is 10.8. The molecule has 0 aliphatic carbocycles. The summed E-state index contributed by atoms with van der Waals surface area (Å²) in [6.45, 7) is 6.55. The smallest absolute Gasteiger partial charge is 0.291 e. The highest BCUT2D eigenvalue weighted by molar-refractivity contribution is 5.99. The summed E-state index contributed by atoms with van der Waals surface area (Å²) in [5.74, 6) is 0.250. The third-order valence-electron chi connectivity index (χ3n) is 6.12. The molecule has 0 fully saturated rings. The Morgan fingerprint density at radius 1 is 1.06 bits per heavy atom. The summed E-state index contributed by atoms with van der Waals surface area (Å²) in [5, 5.41) is 0.503. The van der Waals surface area contributed by atoms with Crippen LogP contribution in [0.15, 0.2) is 76.2 Å². The third-order valence-corrected chi connectivity index (χ3v) is 6.12. The first-order chi connectivity index (χ1) is 15.4. The Labute approximate surface area is 186 Å². The maximum atomic E-state index is 13.6. The Balaban J connectivity index is 1.71. The summed E-state index contributed by atoms with van der Waals surface area (Å²) in [5.41, 5.74) is 4.66. The van der Waals surface area contributed by atoms with E-state index in [1.165, 1.54) is 5.56 Å². The van der Waals surface area contributed by atoms with Gasteiger partial charge >= 0.3 is 0 Å². The maximum Gasteiger partial charge on any atom is 0.291 e. The van der Waals surface area contributed by atoms with Gasteiger partial charge in [0.25, 0.3) is 5.91 Å². The van der Waals surface area contributed by atoms with E-state index < -0.39 is 6.04 Å². The van der Waals surface area contributed by atoms with Crippen LogP contribution in [0.4, 0.5) is 0 Å². The van der Waals surface area contributed by atoms with Gasteiger partial charge in [0.15, 0.2) is 5.43 Å². The van der Waals surface area contributed by atoms with Crippen molar-refractivity contribution in [2.75, 3.05) is 0 Å². The van der Waals surface area contributed by atoms with E-state index >= 15 is 0 Å². The lowest BCUT2D eigenvalue weighted by Gasteiger charge is -2.25. The van der Waals surface area contributed by atoms with Crippen LogP contribution in [0.2, 0.25) is 0 Å². The molecular formula is C27H24N2O3. The maximum absolute atomic E-state index is 13.6. The second kappa shape index (κ2) is 7.75. The van der Waals surface area contributed by atoms with E-state index in [0.717, 1.165) is 16.7 Å². The number of fused-ring (bicyclic) bond motifs is 2. The van der Waals surface area contributed by atoms with Crippen LogP contribution in [-0.4, -0.2) is 15.8 Å². The van der Waals surface area contributed by atoms with Gasteiger partial charge in [0, 0.05) is 18.9 Å². The fourth-order valence-electron chi connectivity index (χ4n) is 4.40. The van der Waals surface area contributed by atoms with Crippen molar-refractivity contribution in [3.05, 3.63) is 111 Å². The minimum atomic E-state index is -0.514. The molecule has 4 aromatic rings. The summed E-state index contributed by atoms with van der Waals surface area (Å²) >= 11 is 0. The molecule has 3 heterocycles. The molecule has 5 rings (SSSR count). The lowest BCUT2D eigenvalue weighted by Crippen LogP contribution is -2.29. The molecule has 160 valence electrons.